The van der Waals surface area contributed by atoms with Gasteiger partial charge in [-0.15, -0.1) is 0 Å². The summed E-state index contributed by atoms with van der Waals surface area (Å²) in [5, 5.41) is 0. The molecule has 2 rings (SSSR count). The van der Waals surface area contributed by atoms with Gasteiger partial charge in [-0.3, -0.25) is 0 Å². The molecule has 0 radical (unpaired) electrons. The Hall–Kier alpha value is -1.74. The molecule has 0 aromatic heterocycles. The number of nitrogens with two attached hydrogens (primary N) is 1. The van der Waals surface area contributed by atoms with Gasteiger partial charge in [0, 0.05) is 11.6 Å². The molecule has 1 atom stereocenters. The van der Waals surface area contributed by atoms with Crippen molar-refractivity contribution in [3.05, 3.63) is 70.8 Å². The lowest BCUT2D eigenvalue weighted by Gasteiger charge is -2.24. The van der Waals surface area contributed by atoms with Crippen LogP contribution in [0.2, 0.25) is 0 Å². The molecule has 0 aliphatic heterocycles. The summed E-state index contributed by atoms with van der Waals surface area (Å²) < 4.78 is 26.7. The van der Waals surface area contributed by atoms with E-state index in [1.807, 2.05) is 24.3 Å². The van der Waals surface area contributed by atoms with Crippen LogP contribution >= 0.6 is 0 Å². The fraction of sp³-hybridized carbons (Fsp3) is 0.333. The van der Waals surface area contributed by atoms with Gasteiger partial charge in [-0.25, -0.2) is 8.78 Å². The molecule has 0 heterocycles. The smallest absolute Gasteiger partial charge is 0.131 e. The van der Waals surface area contributed by atoms with Crippen LogP contribution in [-0.2, 0) is 5.41 Å². The zero-order valence-electron chi connectivity index (χ0n) is 12.7. The summed E-state index contributed by atoms with van der Waals surface area (Å²) >= 11 is 0. The van der Waals surface area contributed by atoms with Crippen molar-refractivity contribution in [2.45, 2.75) is 38.6 Å². The summed E-state index contributed by atoms with van der Waals surface area (Å²) in [4.78, 5) is 0. The monoisotopic (exact) mass is 289 g/mol. The summed E-state index contributed by atoms with van der Waals surface area (Å²) in [7, 11) is 0. The first kappa shape index (κ1) is 15.6. The van der Waals surface area contributed by atoms with Gasteiger partial charge < -0.3 is 5.73 Å². The van der Waals surface area contributed by atoms with Gasteiger partial charge in [-0.1, -0.05) is 51.1 Å². The van der Waals surface area contributed by atoms with Crippen LogP contribution < -0.4 is 5.73 Å². The van der Waals surface area contributed by atoms with Crippen molar-refractivity contribution in [2.75, 3.05) is 0 Å². The third-order valence-corrected chi connectivity index (χ3v) is 4.23. The molecule has 0 aliphatic rings. The first-order valence-corrected chi connectivity index (χ1v) is 7.16. The van der Waals surface area contributed by atoms with Crippen molar-refractivity contribution in [1.82, 2.24) is 0 Å². The second-order valence-electron chi connectivity index (χ2n) is 6.00. The SMILES string of the molecule is CCC(C)(C)c1ccc(C(N)c2ccc(F)cc2F)cc1. The largest absolute Gasteiger partial charge is 0.320 e. The Morgan fingerprint density at radius 3 is 2.19 bits per heavy atom. The molecule has 2 N–H and O–H groups in total. The minimum Gasteiger partial charge on any atom is -0.320 e. The molecule has 0 bridgehead atoms. The predicted molar refractivity (Wildman–Crippen MR) is 82.1 cm³/mol. The average molecular weight is 289 g/mol. The topological polar surface area (TPSA) is 26.0 Å². The van der Waals surface area contributed by atoms with Crippen LogP contribution in [0, 0.1) is 11.6 Å². The molecule has 0 amide bonds. The van der Waals surface area contributed by atoms with Gasteiger partial charge in [0.25, 0.3) is 0 Å². The van der Waals surface area contributed by atoms with Crippen LogP contribution in [0.25, 0.3) is 0 Å². The summed E-state index contributed by atoms with van der Waals surface area (Å²) in [5.74, 6) is -1.20. The van der Waals surface area contributed by atoms with Crippen LogP contribution in [0.3, 0.4) is 0 Å². The van der Waals surface area contributed by atoms with Crippen molar-refractivity contribution in [1.29, 1.82) is 0 Å². The van der Waals surface area contributed by atoms with Gasteiger partial charge in [-0.2, -0.15) is 0 Å². The van der Waals surface area contributed by atoms with Crippen LogP contribution in [0.15, 0.2) is 42.5 Å². The Morgan fingerprint density at radius 1 is 1.05 bits per heavy atom. The maximum Gasteiger partial charge on any atom is 0.131 e. The summed E-state index contributed by atoms with van der Waals surface area (Å²) in [6.07, 6.45) is 1.03. The highest BCUT2D eigenvalue weighted by Crippen LogP contribution is 2.29. The van der Waals surface area contributed by atoms with Crippen LogP contribution in [-0.4, -0.2) is 0 Å². The van der Waals surface area contributed by atoms with E-state index in [0.717, 1.165) is 18.1 Å². The maximum absolute atomic E-state index is 13.8. The van der Waals surface area contributed by atoms with E-state index in [0.29, 0.717) is 5.56 Å². The Kier molecular flexibility index (Phi) is 4.43. The molecular weight excluding hydrogens is 268 g/mol. The summed E-state index contributed by atoms with van der Waals surface area (Å²) in [6, 6.07) is 10.8. The molecule has 0 saturated carbocycles. The van der Waals surface area contributed by atoms with Crippen molar-refractivity contribution in [3.8, 4) is 0 Å². The van der Waals surface area contributed by atoms with E-state index in [-0.39, 0.29) is 5.41 Å². The van der Waals surface area contributed by atoms with E-state index >= 15 is 0 Å². The van der Waals surface area contributed by atoms with E-state index in [1.54, 1.807) is 0 Å². The molecule has 112 valence electrons. The van der Waals surface area contributed by atoms with E-state index in [1.165, 1.54) is 17.7 Å². The zero-order chi connectivity index (χ0) is 15.6. The number of halogens is 2. The minimum absolute atomic E-state index is 0.101. The highest BCUT2D eigenvalue weighted by atomic mass is 19.1. The number of hydrogen-bond acceptors (Lipinski definition) is 1. The fourth-order valence-electron chi connectivity index (χ4n) is 2.28. The number of benzene rings is 2. The molecule has 0 saturated heterocycles. The summed E-state index contributed by atoms with van der Waals surface area (Å²) in [6.45, 7) is 6.51. The first-order chi connectivity index (χ1) is 9.85. The first-order valence-electron chi connectivity index (χ1n) is 7.16. The van der Waals surface area contributed by atoms with Gasteiger partial charge >= 0.3 is 0 Å². The van der Waals surface area contributed by atoms with Crippen LogP contribution in [0.5, 0.6) is 0 Å². The van der Waals surface area contributed by atoms with Crippen LogP contribution in [0.1, 0.15) is 49.9 Å². The van der Waals surface area contributed by atoms with Gasteiger partial charge in [-0.05, 0) is 29.0 Å². The van der Waals surface area contributed by atoms with Gasteiger partial charge in [0.1, 0.15) is 11.6 Å². The second kappa shape index (κ2) is 5.94. The lowest BCUT2D eigenvalue weighted by Crippen LogP contribution is -2.17. The fourth-order valence-corrected chi connectivity index (χ4v) is 2.28. The van der Waals surface area contributed by atoms with Gasteiger partial charge in [0.15, 0.2) is 0 Å². The highest BCUT2D eigenvalue weighted by molar-refractivity contribution is 5.35. The van der Waals surface area contributed by atoms with Crippen molar-refractivity contribution in [2.24, 2.45) is 5.73 Å². The molecule has 2 aromatic carbocycles. The van der Waals surface area contributed by atoms with E-state index in [9.17, 15) is 8.78 Å². The molecule has 0 aliphatic carbocycles. The molecule has 0 fully saturated rings. The lowest BCUT2D eigenvalue weighted by molar-refractivity contribution is 0.506. The number of hydrogen-bond donors (Lipinski definition) is 1. The van der Waals surface area contributed by atoms with E-state index in [2.05, 4.69) is 20.8 Å². The number of rotatable bonds is 4. The molecule has 1 unspecified atom stereocenters. The van der Waals surface area contributed by atoms with Gasteiger partial charge in [0.05, 0.1) is 6.04 Å². The molecular formula is C18H21F2N. The molecule has 1 nitrogen and oxygen atoms in total. The van der Waals surface area contributed by atoms with E-state index < -0.39 is 17.7 Å². The quantitative estimate of drug-likeness (QED) is 0.867. The predicted octanol–water partition coefficient (Wildman–Crippen LogP) is 4.70. The third-order valence-electron chi connectivity index (χ3n) is 4.23. The average Bonchev–Trinajstić information content (AvgIpc) is 2.47. The Bertz CT molecular complexity index is 618. The van der Waals surface area contributed by atoms with Crippen molar-refractivity contribution < 1.29 is 8.78 Å². The Balaban J connectivity index is 2.30. The normalized spacial score (nSPS) is 13.2. The van der Waals surface area contributed by atoms with E-state index in [4.69, 9.17) is 5.73 Å². The maximum atomic E-state index is 13.8. The zero-order valence-corrected chi connectivity index (χ0v) is 12.7. The van der Waals surface area contributed by atoms with Crippen LogP contribution in [0.4, 0.5) is 8.78 Å². The minimum atomic E-state index is -0.611. The summed E-state index contributed by atoms with van der Waals surface area (Å²) in [5.41, 5.74) is 8.54. The van der Waals surface area contributed by atoms with Gasteiger partial charge in [0.2, 0.25) is 0 Å². The molecule has 0 spiro atoms. The highest BCUT2D eigenvalue weighted by Gasteiger charge is 2.19. The second-order valence-corrected chi connectivity index (χ2v) is 6.00. The molecule has 21 heavy (non-hydrogen) atoms. The van der Waals surface area contributed by atoms with Crippen molar-refractivity contribution in [3.63, 3.8) is 0 Å². The standard InChI is InChI=1S/C18H21F2N/c1-4-18(2,3)13-7-5-12(6-8-13)17(21)15-10-9-14(19)11-16(15)20/h5-11,17H,4,21H2,1-3H3. The lowest BCUT2D eigenvalue weighted by atomic mass is 9.81. The Labute approximate surface area is 124 Å². The third kappa shape index (κ3) is 3.30. The van der Waals surface area contributed by atoms with Crippen molar-refractivity contribution >= 4 is 0 Å². The molecule has 2 aromatic rings. The Morgan fingerprint density at radius 2 is 1.67 bits per heavy atom. The molecule has 3 heteroatoms.